The van der Waals surface area contributed by atoms with Crippen LogP contribution in [0.3, 0.4) is 0 Å². The molecule has 5 unspecified atom stereocenters. The lowest BCUT2D eigenvalue weighted by Crippen LogP contribution is -2.39. The second-order valence-corrected chi connectivity index (χ2v) is 11.2. The third kappa shape index (κ3) is 6.91. The van der Waals surface area contributed by atoms with Crippen LogP contribution < -0.4 is 5.32 Å². The molecule has 0 aromatic heterocycles. The van der Waals surface area contributed by atoms with Gasteiger partial charge in [0.15, 0.2) is 0 Å². The van der Waals surface area contributed by atoms with E-state index in [4.69, 9.17) is 24.3 Å². The summed E-state index contributed by atoms with van der Waals surface area (Å²) in [5.41, 5.74) is 2.21. The fraction of sp³-hybridized carbons (Fsp3) is 0.677. The van der Waals surface area contributed by atoms with E-state index in [1.165, 1.54) is 37.2 Å². The van der Waals surface area contributed by atoms with E-state index >= 15 is 0 Å². The van der Waals surface area contributed by atoms with Gasteiger partial charge in [-0.05, 0) is 64.6 Å². The second-order valence-electron chi connectivity index (χ2n) is 11.2. The molecule has 1 saturated heterocycles. The molecule has 3 fully saturated rings. The Morgan fingerprint density at radius 1 is 1.31 bits per heavy atom. The van der Waals surface area contributed by atoms with E-state index in [2.05, 4.69) is 35.3 Å². The van der Waals surface area contributed by atoms with Crippen LogP contribution in [-0.4, -0.2) is 79.9 Å². The molecule has 39 heavy (non-hydrogen) atoms. The summed E-state index contributed by atoms with van der Waals surface area (Å²) >= 11 is 0. The summed E-state index contributed by atoms with van der Waals surface area (Å²) in [7, 11) is 0. The molecule has 8 heteroatoms. The van der Waals surface area contributed by atoms with Gasteiger partial charge < -0.3 is 29.5 Å². The minimum absolute atomic E-state index is 0. The van der Waals surface area contributed by atoms with Crippen molar-refractivity contribution in [2.24, 2.45) is 27.2 Å². The molecule has 0 aromatic rings. The highest BCUT2D eigenvalue weighted by molar-refractivity contribution is 5.94. The van der Waals surface area contributed by atoms with Gasteiger partial charge in [0.05, 0.1) is 31.1 Å². The van der Waals surface area contributed by atoms with Crippen molar-refractivity contribution < 1.29 is 20.7 Å². The van der Waals surface area contributed by atoms with Crippen molar-refractivity contribution in [3.05, 3.63) is 48.6 Å². The Hall–Kier alpha value is -2.26. The van der Waals surface area contributed by atoms with E-state index in [9.17, 15) is 0 Å². The maximum Gasteiger partial charge on any atom is 0.222 e. The van der Waals surface area contributed by atoms with Crippen molar-refractivity contribution in [3.8, 4) is 0 Å². The van der Waals surface area contributed by atoms with Gasteiger partial charge in [0.2, 0.25) is 5.96 Å². The van der Waals surface area contributed by atoms with Crippen molar-refractivity contribution in [2.45, 2.75) is 70.9 Å². The van der Waals surface area contributed by atoms with Crippen molar-refractivity contribution in [1.82, 2.24) is 10.2 Å². The number of nitrogens with zero attached hydrogens (tertiary/aromatic N) is 3. The molecule has 0 spiro atoms. The van der Waals surface area contributed by atoms with E-state index in [0.29, 0.717) is 30.9 Å². The predicted molar refractivity (Wildman–Crippen MR) is 159 cm³/mol. The number of likely N-dealkylation sites (tertiary alicyclic amines) is 1. The first-order chi connectivity index (χ1) is 19.0. The molecule has 8 nitrogen and oxygen atoms in total. The summed E-state index contributed by atoms with van der Waals surface area (Å²) < 4.78 is 17.9. The molecule has 5 atom stereocenters. The lowest BCUT2D eigenvalue weighted by molar-refractivity contribution is -0.0417. The Morgan fingerprint density at radius 2 is 2.10 bits per heavy atom. The molecule has 218 valence electrons. The van der Waals surface area contributed by atoms with E-state index in [-0.39, 0.29) is 31.0 Å². The van der Waals surface area contributed by atoms with Gasteiger partial charge in [0, 0.05) is 43.7 Å². The van der Waals surface area contributed by atoms with Gasteiger partial charge in [-0.25, -0.2) is 9.98 Å². The number of aliphatic hydroxyl groups excluding tert-OH is 1. The number of nitrogens with one attached hydrogen (secondary N) is 1. The van der Waals surface area contributed by atoms with E-state index in [1.54, 1.807) is 6.26 Å². The SMILES string of the molecule is C=CCOCC12CC1C(NC1=NC3(/C=C/OC(=C)CO)CC3C=N1)=C(C)CC2OCCCN1CCCC1.CC.[HH]. The van der Waals surface area contributed by atoms with Crippen LogP contribution in [0.25, 0.3) is 0 Å². The third-order valence-corrected chi connectivity index (χ3v) is 8.54. The van der Waals surface area contributed by atoms with Crippen molar-refractivity contribution in [2.75, 3.05) is 46.1 Å². The number of aliphatic hydroxyl groups is 1. The predicted octanol–water partition coefficient (Wildman–Crippen LogP) is 4.84. The van der Waals surface area contributed by atoms with E-state index in [0.717, 1.165) is 38.8 Å². The smallest absolute Gasteiger partial charge is 0.222 e. The van der Waals surface area contributed by atoms with Crippen LogP contribution in [-0.2, 0) is 14.2 Å². The molecular weight excluding hydrogens is 492 g/mol. The van der Waals surface area contributed by atoms with Gasteiger partial charge in [-0.2, -0.15) is 0 Å². The van der Waals surface area contributed by atoms with Crippen LogP contribution in [0.4, 0.5) is 0 Å². The molecule has 3 aliphatic carbocycles. The number of aliphatic imine (C=N–C) groups is 2. The van der Waals surface area contributed by atoms with Gasteiger partial charge in [-0.15, -0.1) is 6.58 Å². The zero-order valence-electron chi connectivity index (χ0n) is 24.2. The number of allylic oxidation sites excluding steroid dienone is 1. The molecule has 5 rings (SSSR count). The zero-order chi connectivity index (χ0) is 27.9. The third-order valence-electron chi connectivity index (χ3n) is 8.54. The number of fused-ring (bicyclic) bond motifs is 2. The maximum absolute atomic E-state index is 9.09. The topological polar surface area (TPSA) is 87.9 Å². The van der Waals surface area contributed by atoms with Crippen molar-refractivity contribution >= 4 is 12.2 Å². The molecule has 0 amide bonds. The minimum atomic E-state index is -0.322. The largest absolute Gasteiger partial charge is 0.468 e. The normalized spacial score (nSPS) is 32.6. The monoisotopic (exact) mass is 542 g/mol. The molecule has 2 N–H and O–H groups in total. The van der Waals surface area contributed by atoms with Gasteiger partial charge in [0.25, 0.3) is 0 Å². The lowest BCUT2D eigenvalue weighted by atomic mass is 9.84. The summed E-state index contributed by atoms with van der Waals surface area (Å²) in [5.74, 6) is 1.60. The van der Waals surface area contributed by atoms with Gasteiger partial charge >= 0.3 is 0 Å². The van der Waals surface area contributed by atoms with E-state index in [1.807, 2.05) is 32.2 Å². The zero-order valence-corrected chi connectivity index (χ0v) is 24.2. The first-order valence-electron chi connectivity index (χ1n) is 14.8. The molecule has 2 saturated carbocycles. The van der Waals surface area contributed by atoms with E-state index < -0.39 is 0 Å². The highest BCUT2D eigenvalue weighted by Gasteiger charge is 2.64. The van der Waals surface area contributed by atoms with Crippen molar-refractivity contribution in [3.63, 3.8) is 0 Å². The first kappa shape index (κ1) is 29.7. The number of ether oxygens (including phenoxy) is 3. The standard InChI is InChI=1S/C29H42N4O4.C2H6.H2/c1-4-12-35-20-28-17-24(28)26(21(2)15-25(28)37-13-7-11-33-9-5-6-10-33)31-27-30-18-23-16-29(23,32-27)8-14-36-22(3)19-34;1-2;/h4,8,14,18,23-25,34H,1,3,5-7,9-13,15-17,19-20H2,2H3,(H,31,32);1-2H3;1H/b14-8+;;. The van der Waals surface area contributed by atoms with Crippen molar-refractivity contribution in [1.29, 1.82) is 0 Å². The number of hydrogen-bond acceptors (Lipinski definition) is 8. The fourth-order valence-electron chi connectivity index (χ4n) is 6.16. The highest BCUT2D eigenvalue weighted by atomic mass is 16.5. The lowest BCUT2D eigenvalue weighted by Gasteiger charge is -2.34. The Balaban J connectivity index is 0.00000144. The summed E-state index contributed by atoms with van der Waals surface area (Å²) in [4.78, 5) is 12.1. The molecule has 5 aliphatic rings. The summed E-state index contributed by atoms with van der Waals surface area (Å²) in [6.07, 6.45) is 14.1. The molecule has 0 aromatic carbocycles. The minimum Gasteiger partial charge on any atom is -0.468 e. The first-order valence-corrected chi connectivity index (χ1v) is 14.8. The second kappa shape index (κ2) is 13.4. The van der Waals surface area contributed by atoms with Crippen LogP contribution in [0.15, 0.2) is 58.6 Å². The van der Waals surface area contributed by atoms with Crippen LogP contribution in [0, 0.1) is 17.3 Å². The average Bonchev–Trinajstić information content (AvgIpc) is 3.79. The van der Waals surface area contributed by atoms with Gasteiger partial charge in [0.1, 0.15) is 12.4 Å². The Morgan fingerprint density at radius 3 is 2.85 bits per heavy atom. The van der Waals surface area contributed by atoms with Crippen LogP contribution in [0.5, 0.6) is 0 Å². The summed E-state index contributed by atoms with van der Waals surface area (Å²) in [6, 6.07) is 0. The van der Waals surface area contributed by atoms with Crippen LogP contribution in [0.1, 0.15) is 60.7 Å². The number of hydrogen-bond donors (Lipinski definition) is 2. The molecular formula is C31H50N4O4. The Bertz CT molecular complexity index is 1010. The average molecular weight is 543 g/mol. The van der Waals surface area contributed by atoms with Gasteiger partial charge in [-0.3, -0.25) is 0 Å². The quantitative estimate of drug-likeness (QED) is 0.186. The molecule has 2 aliphatic heterocycles. The van der Waals surface area contributed by atoms with Crippen LogP contribution >= 0.6 is 0 Å². The maximum atomic E-state index is 9.09. The molecule has 2 heterocycles. The Kier molecular flexibility index (Phi) is 10.2. The fourth-order valence-corrected chi connectivity index (χ4v) is 6.16. The van der Waals surface area contributed by atoms with Crippen LogP contribution in [0.2, 0.25) is 0 Å². The molecule has 0 radical (unpaired) electrons. The summed E-state index contributed by atoms with van der Waals surface area (Å²) in [6.45, 7) is 19.1. The molecule has 0 bridgehead atoms. The highest BCUT2D eigenvalue weighted by Crippen LogP contribution is 2.63. The summed E-state index contributed by atoms with van der Waals surface area (Å²) in [5, 5.41) is 12.7. The Labute approximate surface area is 236 Å². The van der Waals surface area contributed by atoms with Gasteiger partial charge in [-0.1, -0.05) is 32.1 Å². The number of guanidine groups is 1. The number of rotatable bonds is 14.